The SMILES string of the molecule is C[C@H](B1OC(C)(C)C(C)(C)O1)C(=O)c1ccc(OCc2ccccc2)cc1. The van der Waals surface area contributed by atoms with E-state index < -0.39 is 18.3 Å². The fourth-order valence-electron chi connectivity index (χ4n) is 2.94. The number of ketones is 1. The minimum absolute atomic E-state index is 0.00288. The van der Waals surface area contributed by atoms with Crippen molar-refractivity contribution in [3.05, 3.63) is 65.7 Å². The Kier molecular flexibility index (Phi) is 5.45. The van der Waals surface area contributed by atoms with E-state index in [1.54, 1.807) is 12.1 Å². The summed E-state index contributed by atoms with van der Waals surface area (Å²) in [5.41, 5.74) is 0.846. The van der Waals surface area contributed by atoms with Gasteiger partial charge >= 0.3 is 7.12 Å². The summed E-state index contributed by atoms with van der Waals surface area (Å²) in [5.74, 6) is 0.351. The largest absolute Gasteiger partial charge is 0.489 e. The molecule has 0 radical (unpaired) electrons. The highest BCUT2D eigenvalue weighted by Gasteiger charge is 2.54. The number of benzene rings is 2. The van der Waals surface area contributed by atoms with E-state index in [4.69, 9.17) is 14.0 Å². The van der Waals surface area contributed by atoms with Crippen molar-refractivity contribution >= 4 is 12.9 Å². The third-order valence-corrected chi connectivity index (χ3v) is 5.48. The molecule has 5 heteroatoms. The molecule has 0 aliphatic carbocycles. The molecule has 0 aromatic heterocycles. The van der Waals surface area contributed by atoms with E-state index in [9.17, 15) is 4.79 Å². The Hall–Kier alpha value is -2.11. The van der Waals surface area contributed by atoms with Gasteiger partial charge in [-0.3, -0.25) is 4.79 Å². The van der Waals surface area contributed by atoms with Crippen molar-refractivity contribution in [2.45, 2.75) is 58.2 Å². The molecule has 1 aliphatic rings. The van der Waals surface area contributed by atoms with E-state index >= 15 is 0 Å². The summed E-state index contributed by atoms with van der Waals surface area (Å²) >= 11 is 0. The predicted molar refractivity (Wildman–Crippen MR) is 107 cm³/mol. The zero-order valence-electron chi connectivity index (χ0n) is 16.7. The number of Topliss-reactive ketones (excluding diaryl/α,β-unsaturated/α-hetero) is 1. The van der Waals surface area contributed by atoms with Crippen molar-refractivity contribution in [3.63, 3.8) is 0 Å². The molecule has 3 rings (SSSR count). The number of hydrogen-bond donors (Lipinski definition) is 0. The standard InChI is InChI=1S/C22H27BO4/c1-16(23-26-21(2,3)22(4,5)27-23)20(24)18-11-13-19(14-12-18)25-15-17-9-7-6-8-10-17/h6-14,16H,15H2,1-5H3/t16-/m0/s1. The molecule has 1 atom stereocenters. The van der Waals surface area contributed by atoms with E-state index in [1.165, 1.54) is 0 Å². The monoisotopic (exact) mass is 366 g/mol. The Morgan fingerprint density at radius 1 is 0.963 bits per heavy atom. The maximum atomic E-state index is 12.8. The summed E-state index contributed by atoms with van der Waals surface area (Å²) in [4.78, 5) is 12.8. The van der Waals surface area contributed by atoms with Gasteiger partial charge in [0.25, 0.3) is 0 Å². The summed E-state index contributed by atoms with van der Waals surface area (Å²) in [6.45, 7) is 10.3. The molecule has 1 heterocycles. The molecule has 0 saturated carbocycles. The van der Waals surface area contributed by atoms with Gasteiger partial charge in [0.05, 0.1) is 17.0 Å². The van der Waals surface area contributed by atoms with Gasteiger partial charge in [0.1, 0.15) is 12.4 Å². The number of rotatable bonds is 6. The van der Waals surface area contributed by atoms with Gasteiger partial charge in [-0.15, -0.1) is 0 Å². The van der Waals surface area contributed by atoms with Crippen LogP contribution in [-0.4, -0.2) is 24.1 Å². The molecule has 0 unspecified atom stereocenters. The molecule has 2 aromatic rings. The third-order valence-electron chi connectivity index (χ3n) is 5.48. The third kappa shape index (κ3) is 4.25. The Morgan fingerprint density at radius 3 is 2.07 bits per heavy atom. The topological polar surface area (TPSA) is 44.8 Å². The maximum absolute atomic E-state index is 12.8. The minimum Gasteiger partial charge on any atom is -0.489 e. The normalized spacial score (nSPS) is 18.9. The summed E-state index contributed by atoms with van der Waals surface area (Å²) < 4.78 is 17.8. The molecule has 1 saturated heterocycles. The van der Waals surface area contributed by atoms with Crippen molar-refractivity contribution < 1.29 is 18.8 Å². The van der Waals surface area contributed by atoms with E-state index in [0.717, 1.165) is 11.3 Å². The van der Waals surface area contributed by atoms with Gasteiger partial charge in [-0.05, 0) is 57.5 Å². The van der Waals surface area contributed by atoms with E-state index in [0.29, 0.717) is 12.2 Å². The lowest BCUT2D eigenvalue weighted by Gasteiger charge is -2.32. The molecule has 142 valence electrons. The van der Waals surface area contributed by atoms with E-state index in [1.807, 2.05) is 77.1 Å². The first kappa shape index (κ1) is 19.7. The molecular weight excluding hydrogens is 339 g/mol. The lowest BCUT2D eigenvalue weighted by molar-refractivity contribution is 0.00578. The van der Waals surface area contributed by atoms with Gasteiger partial charge in [0, 0.05) is 5.56 Å². The molecule has 0 spiro atoms. The van der Waals surface area contributed by atoms with Crippen LogP contribution >= 0.6 is 0 Å². The highest BCUT2D eigenvalue weighted by Crippen LogP contribution is 2.40. The second-order valence-electron chi connectivity index (χ2n) is 8.08. The minimum atomic E-state index is -0.545. The van der Waals surface area contributed by atoms with Crippen LogP contribution in [0.3, 0.4) is 0 Å². The predicted octanol–water partition coefficient (Wildman–Crippen LogP) is 4.93. The van der Waals surface area contributed by atoms with Crippen LogP contribution in [0.5, 0.6) is 5.75 Å². The van der Waals surface area contributed by atoms with Gasteiger partial charge in [-0.1, -0.05) is 37.3 Å². The molecule has 27 heavy (non-hydrogen) atoms. The summed E-state index contributed by atoms with van der Waals surface area (Å²) in [6.07, 6.45) is 0. The van der Waals surface area contributed by atoms with E-state index in [2.05, 4.69) is 0 Å². The van der Waals surface area contributed by atoms with Gasteiger partial charge in [0.15, 0.2) is 5.78 Å². The van der Waals surface area contributed by atoms with Crippen molar-refractivity contribution in [3.8, 4) is 5.75 Å². The number of carbonyl (C=O) groups excluding carboxylic acids is 1. The van der Waals surface area contributed by atoms with Gasteiger partial charge in [-0.2, -0.15) is 0 Å². The van der Waals surface area contributed by atoms with Crippen LogP contribution in [0.15, 0.2) is 54.6 Å². The van der Waals surface area contributed by atoms with Crippen LogP contribution < -0.4 is 4.74 Å². The Morgan fingerprint density at radius 2 is 1.52 bits per heavy atom. The first-order chi connectivity index (χ1) is 12.7. The second kappa shape index (κ2) is 7.49. The molecule has 0 bridgehead atoms. The molecule has 0 N–H and O–H groups in total. The Labute approximate surface area is 162 Å². The van der Waals surface area contributed by atoms with Crippen LogP contribution in [0.25, 0.3) is 0 Å². The first-order valence-electron chi connectivity index (χ1n) is 9.36. The average molecular weight is 366 g/mol. The average Bonchev–Trinajstić information content (AvgIpc) is 2.87. The Bertz CT molecular complexity index is 768. The number of ether oxygens (including phenoxy) is 1. The molecule has 2 aromatic carbocycles. The molecule has 4 nitrogen and oxygen atoms in total. The fraction of sp³-hybridized carbons (Fsp3) is 0.409. The van der Waals surface area contributed by atoms with Crippen LogP contribution in [0, 0.1) is 0 Å². The number of hydrogen-bond acceptors (Lipinski definition) is 4. The van der Waals surface area contributed by atoms with E-state index in [-0.39, 0.29) is 11.6 Å². The quantitative estimate of drug-likeness (QED) is 0.537. The van der Waals surface area contributed by atoms with Gasteiger partial charge in [0.2, 0.25) is 0 Å². The second-order valence-corrected chi connectivity index (χ2v) is 8.08. The molecule has 1 fully saturated rings. The van der Waals surface area contributed by atoms with Crippen molar-refractivity contribution in [1.82, 2.24) is 0 Å². The first-order valence-corrected chi connectivity index (χ1v) is 9.36. The fourth-order valence-corrected chi connectivity index (χ4v) is 2.94. The van der Waals surface area contributed by atoms with Crippen LogP contribution in [0.4, 0.5) is 0 Å². The number of carbonyl (C=O) groups is 1. The lowest BCUT2D eigenvalue weighted by atomic mass is 9.69. The Balaban J connectivity index is 1.62. The molecule has 1 aliphatic heterocycles. The smallest absolute Gasteiger partial charge is 0.469 e. The maximum Gasteiger partial charge on any atom is 0.469 e. The zero-order chi connectivity index (χ0) is 19.7. The lowest BCUT2D eigenvalue weighted by Crippen LogP contribution is -2.41. The highest BCUT2D eigenvalue weighted by molar-refractivity contribution is 6.53. The zero-order valence-corrected chi connectivity index (χ0v) is 16.7. The summed E-state index contributed by atoms with van der Waals surface area (Å²) in [7, 11) is -0.545. The van der Waals surface area contributed by atoms with Crippen LogP contribution in [0.2, 0.25) is 5.82 Å². The van der Waals surface area contributed by atoms with Crippen LogP contribution in [0.1, 0.15) is 50.5 Å². The van der Waals surface area contributed by atoms with Crippen LogP contribution in [-0.2, 0) is 15.9 Å². The highest BCUT2D eigenvalue weighted by atomic mass is 16.7. The van der Waals surface area contributed by atoms with Crippen molar-refractivity contribution in [2.75, 3.05) is 0 Å². The van der Waals surface area contributed by atoms with Crippen molar-refractivity contribution in [2.24, 2.45) is 0 Å². The molecule has 0 amide bonds. The van der Waals surface area contributed by atoms with Gasteiger partial charge < -0.3 is 14.0 Å². The van der Waals surface area contributed by atoms with Crippen molar-refractivity contribution in [1.29, 1.82) is 0 Å². The molecular formula is C22H27BO4. The summed E-state index contributed by atoms with van der Waals surface area (Å²) in [6, 6.07) is 17.2. The van der Waals surface area contributed by atoms with Gasteiger partial charge in [-0.25, -0.2) is 0 Å². The summed E-state index contributed by atoms with van der Waals surface area (Å²) in [5, 5.41) is 0.